The molecule has 3 rings (SSSR count). The number of methoxy groups -OCH3 is 2. The summed E-state index contributed by atoms with van der Waals surface area (Å²) in [5, 5.41) is 20.0. The number of anilines is 1. The number of nitro groups is 1. The van der Waals surface area contributed by atoms with E-state index in [0.29, 0.717) is 23.7 Å². The van der Waals surface area contributed by atoms with Crippen molar-refractivity contribution in [3.8, 4) is 11.5 Å². The van der Waals surface area contributed by atoms with Crippen molar-refractivity contribution >= 4 is 11.4 Å². The number of rotatable bonds is 6. The molecule has 1 fully saturated rings. The molecule has 9 nitrogen and oxygen atoms in total. The fourth-order valence-electron chi connectivity index (χ4n) is 3.61. The summed E-state index contributed by atoms with van der Waals surface area (Å²) in [6.45, 7) is 5.56. The van der Waals surface area contributed by atoms with Crippen LogP contribution in [-0.2, 0) is 0 Å². The van der Waals surface area contributed by atoms with Gasteiger partial charge in [0.25, 0.3) is 5.69 Å². The molecule has 1 aromatic heterocycles. The highest BCUT2D eigenvalue weighted by Crippen LogP contribution is 2.41. The second kappa shape index (κ2) is 7.81. The topological polar surface area (TPSA) is 95.5 Å². The third kappa shape index (κ3) is 3.67. The molecule has 27 heavy (non-hydrogen) atoms. The van der Waals surface area contributed by atoms with Gasteiger partial charge in [-0.15, -0.1) is 10.2 Å². The monoisotopic (exact) mass is 375 g/mol. The Morgan fingerprint density at radius 1 is 1.26 bits per heavy atom. The van der Waals surface area contributed by atoms with Gasteiger partial charge in [0.2, 0.25) is 0 Å². The number of aromatic nitrogens is 3. The van der Waals surface area contributed by atoms with Crippen LogP contribution in [0.3, 0.4) is 0 Å². The van der Waals surface area contributed by atoms with Gasteiger partial charge in [-0.1, -0.05) is 0 Å². The normalized spacial score (nSPS) is 17.2. The van der Waals surface area contributed by atoms with Gasteiger partial charge in [0.05, 0.1) is 25.2 Å². The van der Waals surface area contributed by atoms with E-state index in [1.54, 1.807) is 12.4 Å². The Hall–Kier alpha value is -2.84. The average molecular weight is 375 g/mol. The summed E-state index contributed by atoms with van der Waals surface area (Å²) in [5.74, 6) is 1.92. The van der Waals surface area contributed by atoms with Crippen molar-refractivity contribution in [1.82, 2.24) is 14.8 Å². The predicted octanol–water partition coefficient (Wildman–Crippen LogP) is 3.17. The first-order chi connectivity index (χ1) is 13.0. The maximum Gasteiger partial charge on any atom is 0.296 e. The van der Waals surface area contributed by atoms with Crippen LogP contribution < -0.4 is 14.4 Å². The summed E-state index contributed by atoms with van der Waals surface area (Å²) in [5.41, 5.74) is 0.552. The standard InChI is InChI=1S/C18H25N5O4/c1-12(2)22-11-19-20-18(22)13-6-5-7-21(10-13)14-8-16(26-3)17(27-4)9-15(14)23(24)25/h8-9,11-13H,5-7,10H2,1-4H3. The molecule has 0 amide bonds. The van der Waals surface area contributed by atoms with Gasteiger partial charge in [0.1, 0.15) is 17.8 Å². The van der Waals surface area contributed by atoms with Gasteiger partial charge in [-0.05, 0) is 26.7 Å². The van der Waals surface area contributed by atoms with Crippen molar-refractivity contribution < 1.29 is 14.4 Å². The first kappa shape index (κ1) is 18.9. The van der Waals surface area contributed by atoms with E-state index >= 15 is 0 Å². The van der Waals surface area contributed by atoms with Crippen molar-refractivity contribution in [2.45, 2.75) is 38.6 Å². The smallest absolute Gasteiger partial charge is 0.296 e. The number of piperidine rings is 1. The summed E-state index contributed by atoms with van der Waals surface area (Å²) in [6.07, 6.45) is 3.64. The van der Waals surface area contributed by atoms with E-state index in [1.165, 1.54) is 20.3 Å². The van der Waals surface area contributed by atoms with E-state index in [4.69, 9.17) is 9.47 Å². The van der Waals surface area contributed by atoms with E-state index in [1.807, 2.05) is 4.90 Å². The Bertz CT molecular complexity index is 820. The van der Waals surface area contributed by atoms with Crippen LogP contribution in [0.2, 0.25) is 0 Å². The largest absolute Gasteiger partial charge is 0.493 e. The van der Waals surface area contributed by atoms with Gasteiger partial charge in [-0.25, -0.2) is 0 Å². The lowest BCUT2D eigenvalue weighted by Gasteiger charge is -2.34. The van der Waals surface area contributed by atoms with E-state index in [2.05, 4.69) is 28.6 Å². The number of benzene rings is 1. The van der Waals surface area contributed by atoms with Crippen LogP contribution in [-0.4, -0.2) is 47.0 Å². The Labute approximate surface area is 158 Å². The molecular weight excluding hydrogens is 350 g/mol. The molecule has 0 spiro atoms. The fraction of sp³-hybridized carbons (Fsp3) is 0.556. The van der Waals surface area contributed by atoms with Gasteiger partial charge >= 0.3 is 0 Å². The molecule has 1 aliphatic rings. The van der Waals surface area contributed by atoms with Gasteiger partial charge in [0.15, 0.2) is 11.5 Å². The Kier molecular flexibility index (Phi) is 5.48. The minimum Gasteiger partial charge on any atom is -0.493 e. The molecule has 1 aliphatic heterocycles. The minimum atomic E-state index is -0.377. The van der Waals surface area contributed by atoms with Crippen LogP contribution in [0.5, 0.6) is 11.5 Å². The third-order valence-electron chi connectivity index (χ3n) is 4.96. The van der Waals surface area contributed by atoms with Gasteiger partial charge in [-0.2, -0.15) is 0 Å². The summed E-state index contributed by atoms with van der Waals surface area (Å²) < 4.78 is 12.6. The third-order valence-corrected chi connectivity index (χ3v) is 4.96. The summed E-state index contributed by atoms with van der Waals surface area (Å²) in [4.78, 5) is 13.3. The number of ether oxygens (including phenoxy) is 2. The summed E-state index contributed by atoms with van der Waals surface area (Å²) in [7, 11) is 2.99. The number of hydrogen-bond donors (Lipinski definition) is 0. The van der Waals surface area contributed by atoms with Crippen LogP contribution in [0.4, 0.5) is 11.4 Å². The van der Waals surface area contributed by atoms with Crippen LogP contribution in [0.1, 0.15) is 44.5 Å². The van der Waals surface area contributed by atoms with E-state index < -0.39 is 0 Å². The van der Waals surface area contributed by atoms with Crippen molar-refractivity contribution in [1.29, 1.82) is 0 Å². The molecule has 2 heterocycles. The Morgan fingerprint density at radius 3 is 2.59 bits per heavy atom. The number of nitro benzene ring substituents is 1. The Balaban J connectivity index is 1.96. The molecular formula is C18H25N5O4. The fourth-order valence-corrected chi connectivity index (χ4v) is 3.61. The minimum absolute atomic E-state index is 0.0126. The summed E-state index contributed by atoms with van der Waals surface area (Å²) in [6, 6.07) is 3.38. The van der Waals surface area contributed by atoms with Crippen LogP contribution in [0, 0.1) is 10.1 Å². The van der Waals surface area contributed by atoms with E-state index in [-0.39, 0.29) is 22.6 Å². The molecule has 0 aliphatic carbocycles. The molecule has 1 unspecified atom stereocenters. The SMILES string of the molecule is COc1cc(N2CCCC(c3nncn3C(C)C)C2)c([N+](=O)[O-])cc1OC. The van der Waals surface area contributed by atoms with Crippen molar-refractivity contribution in [2.75, 3.05) is 32.2 Å². The van der Waals surface area contributed by atoms with Gasteiger partial charge in [-0.3, -0.25) is 10.1 Å². The molecule has 0 radical (unpaired) electrons. The predicted molar refractivity (Wildman–Crippen MR) is 101 cm³/mol. The average Bonchev–Trinajstić information content (AvgIpc) is 3.17. The second-order valence-electron chi connectivity index (χ2n) is 6.93. The molecule has 1 atom stereocenters. The zero-order valence-corrected chi connectivity index (χ0v) is 16.1. The van der Waals surface area contributed by atoms with Crippen LogP contribution in [0.25, 0.3) is 0 Å². The maximum absolute atomic E-state index is 11.6. The van der Waals surface area contributed by atoms with Gasteiger partial charge < -0.3 is 18.9 Å². The molecule has 2 aromatic rings. The number of nitrogens with zero attached hydrogens (tertiary/aromatic N) is 5. The highest BCUT2D eigenvalue weighted by atomic mass is 16.6. The zero-order valence-electron chi connectivity index (χ0n) is 16.1. The first-order valence-electron chi connectivity index (χ1n) is 9.01. The maximum atomic E-state index is 11.6. The van der Waals surface area contributed by atoms with Crippen molar-refractivity contribution in [3.63, 3.8) is 0 Å². The molecule has 1 saturated heterocycles. The highest BCUT2D eigenvalue weighted by Gasteiger charge is 2.30. The summed E-state index contributed by atoms with van der Waals surface area (Å²) >= 11 is 0. The highest BCUT2D eigenvalue weighted by molar-refractivity contribution is 5.70. The lowest BCUT2D eigenvalue weighted by atomic mass is 9.96. The van der Waals surface area contributed by atoms with Gasteiger partial charge in [0, 0.05) is 31.1 Å². The quantitative estimate of drug-likeness (QED) is 0.565. The zero-order chi connectivity index (χ0) is 19.6. The van der Waals surface area contributed by atoms with E-state index in [9.17, 15) is 10.1 Å². The lowest BCUT2D eigenvalue weighted by molar-refractivity contribution is -0.384. The van der Waals surface area contributed by atoms with Crippen LogP contribution >= 0.6 is 0 Å². The molecule has 1 aromatic carbocycles. The number of hydrogen-bond acceptors (Lipinski definition) is 7. The molecule has 0 N–H and O–H groups in total. The molecule has 146 valence electrons. The first-order valence-corrected chi connectivity index (χ1v) is 9.01. The van der Waals surface area contributed by atoms with Crippen molar-refractivity contribution in [3.05, 3.63) is 34.4 Å². The second-order valence-corrected chi connectivity index (χ2v) is 6.93. The molecule has 9 heteroatoms. The van der Waals surface area contributed by atoms with Crippen molar-refractivity contribution in [2.24, 2.45) is 0 Å². The van der Waals surface area contributed by atoms with Crippen LogP contribution in [0.15, 0.2) is 18.5 Å². The Morgan fingerprint density at radius 2 is 1.96 bits per heavy atom. The lowest BCUT2D eigenvalue weighted by Crippen LogP contribution is -2.36. The molecule has 0 saturated carbocycles. The molecule has 0 bridgehead atoms. The van der Waals surface area contributed by atoms with E-state index in [0.717, 1.165) is 25.2 Å².